The maximum atomic E-state index is 12.0. The van der Waals surface area contributed by atoms with Crippen molar-refractivity contribution in [2.75, 3.05) is 12.5 Å². The maximum absolute atomic E-state index is 12.0. The van der Waals surface area contributed by atoms with Crippen LogP contribution < -0.4 is 0 Å². The van der Waals surface area contributed by atoms with Gasteiger partial charge in [-0.05, 0) is 35.6 Å². The summed E-state index contributed by atoms with van der Waals surface area (Å²) in [5.74, 6) is -2.63. The van der Waals surface area contributed by atoms with E-state index in [0.29, 0.717) is 0 Å². The van der Waals surface area contributed by atoms with E-state index in [2.05, 4.69) is 0 Å². The average molecular weight is 420 g/mol. The molecule has 2 unspecified atom stereocenters. The van der Waals surface area contributed by atoms with E-state index in [-0.39, 0.29) is 8.48 Å². The fourth-order valence-electron chi connectivity index (χ4n) is 1.82. The zero-order chi connectivity index (χ0) is 15.2. The first-order valence-corrected chi connectivity index (χ1v) is 9.90. The van der Waals surface area contributed by atoms with Crippen molar-refractivity contribution in [1.29, 1.82) is 0 Å². The molecule has 0 amide bonds. The normalized spacial score (nSPS) is 28.5. The van der Waals surface area contributed by atoms with Crippen LogP contribution in [0.5, 0.6) is 0 Å². The zero-order valence-electron chi connectivity index (χ0n) is 10.4. The highest BCUT2D eigenvalue weighted by atomic mass is 127. The molecule has 0 spiro atoms. The van der Waals surface area contributed by atoms with Crippen LogP contribution in [0.4, 0.5) is 0 Å². The largest absolute Gasteiger partial charge is 0.481 e. The van der Waals surface area contributed by atoms with Gasteiger partial charge in [-0.25, -0.2) is 16.8 Å². The van der Waals surface area contributed by atoms with Crippen molar-refractivity contribution in [2.45, 2.75) is 11.7 Å². The molecule has 0 aromatic rings. The molecular weight excluding hydrogens is 407 g/mol. The molecule has 1 rings (SSSR count). The Labute approximate surface area is 125 Å². The Kier molecular flexibility index (Phi) is 4.24. The molecule has 1 aliphatic carbocycles. The molecule has 0 radical (unpaired) electrons. The topological polar surface area (TPSA) is 106 Å². The van der Waals surface area contributed by atoms with Crippen LogP contribution in [0.25, 0.3) is 0 Å². The molecular formula is C10H13IO6S2. The number of rotatable bonds is 3. The van der Waals surface area contributed by atoms with E-state index in [9.17, 15) is 21.6 Å². The van der Waals surface area contributed by atoms with Gasteiger partial charge in [0.25, 0.3) is 0 Å². The summed E-state index contributed by atoms with van der Waals surface area (Å²) in [5.41, 5.74) is 0. The van der Waals surface area contributed by atoms with Gasteiger partial charge in [0.1, 0.15) is 4.75 Å². The number of carboxylic acids is 1. The van der Waals surface area contributed by atoms with E-state index in [1.807, 2.05) is 0 Å². The lowest BCUT2D eigenvalue weighted by Gasteiger charge is -2.35. The molecule has 0 saturated carbocycles. The number of sulfone groups is 2. The molecule has 0 aromatic carbocycles. The maximum Gasteiger partial charge on any atom is 0.312 e. The van der Waals surface area contributed by atoms with Crippen LogP contribution in [0.15, 0.2) is 20.6 Å². The minimum Gasteiger partial charge on any atom is -0.481 e. The smallest absolute Gasteiger partial charge is 0.312 e. The Morgan fingerprint density at radius 1 is 1.32 bits per heavy atom. The second-order valence-corrected chi connectivity index (χ2v) is 9.96. The number of hydrogen-bond acceptors (Lipinski definition) is 5. The van der Waals surface area contributed by atoms with Crippen molar-refractivity contribution in [3.05, 3.63) is 20.6 Å². The molecule has 1 N–H and O–H groups in total. The third-order valence-electron chi connectivity index (χ3n) is 3.12. The van der Waals surface area contributed by atoms with Crippen molar-refractivity contribution >= 4 is 48.2 Å². The van der Waals surface area contributed by atoms with Crippen LogP contribution in [0.2, 0.25) is 0 Å². The quantitative estimate of drug-likeness (QED) is 0.676. The lowest BCUT2D eigenvalue weighted by atomic mass is 9.89. The summed E-state index contributed by atoms with van der Waals surface area (Å²) in [6.45, 7) is 1.23. The summed E-state index contributed by atoms with van der Waals surface area (Å²) < 4.78 is 45.4. The number of carbonyl (C=O) groups is 1. The van der Waals surface area contributed by atoms with Crippen molar-refractivity contribution in [1.82, 2.24) is 0 Å². The average Bonchev–Trinajstić information content (AvgIpc) is 2.17. The minimum absolute atomic E-state index is 0.00463. The van der Waals surface area contributed by atoms with Crippen molar-refractivity contribution in [2.24, 2.45) is 5.92 Å². The summed E-state index contributed by atoms with van der Waals surface area (Å²) in [6.07, 6.45) is 4.13. The van der Waals surface area contributed by atoms with Crippen LogP contribution in [0, 0.1) is 5.92 Å². The van der Waals surface area contributed by atoms with Crippen LogP contribution >= 0.6 is 22.6 Å². The second-order valence-electron chi connectivity index (χ2n) is 4.50. The van der Waals surface area contributed by atoms with Crippen molar-refractivity contribution in [3.8, 4) is 0 Å². The van der Waals surface area contributed by atoms with Gasteiger partial charge in [0, 0.05) is 16.1 Å². The Bertz CT molecular complexity index is 686. The van der Waals surface area contributed by atoms with Crippen LogP contribution in [-0.4, -0.2) is 45.2 Å². The van der Waals surface area contributed by atoms with Crippen molar-refractivity contribution < 1.29 is 26.7 Å². The number of aliphatic carboxylic acids is 1. The van der Waals surface area contributed by atoms with Gasteiger partial charge in [-0.3, -0.25) is 4.79 Å². The van der Waals surface area contributed by atoms with Crippen LogP contribution in [0.3, 0.4) is 0 Å². The van der Waals surface area contributed by atoms with Gasteiger partial charge in [-0.15, -0.1) is 0 Å². The molecule has 1 aliphatic rings. The molecule has 0 fully saturated rings. The van der Waals surface area contributed by atoms with Crippen LogP contribution in [0.1, 0.15) is 6.92 Å². The Morgan fingerprint density at radius 3 is 2.11 bits per heavy atom. The first-order valence-electron chi connectivity index (χ1n) is 5.04. The predicted molar refractivity (Wildman–Crippen MR) is 79.4 cm³/mol. The highest BCUT2D eigenvalue weighted by Gasteiger charge is 2.51. The number of allylic oxidation sites excluding steroid dienone is 1. The lowest BCUT2D eigenvalue weighted by molar-refractivity contribution is -0.140. The highest BCUT2D eigenvalue weighted by Crippen LogP contribution is 2.44. The monoisotopic (exact) mass is 420 g/mol. The van der Waals surface area contributed by atoms with Gasteiger partial charge in [-0.2, -0.15) is 0 Å². The highest BCUT2D eigenvalue weighted by molar-refractivity contribution is 14.1. The molecule has 108 valence electrons. The Morgan fingerprint density at radius 2 is 1.79 bits per heavy atom. The third-order valence-corrected chi connectivity index (χ3v) is 8.69. The first kappa shape index (κ1) is 16.6. The minimum atomic E-state index is -3.82. The second kappa shape index (κ2) is 4.85. The first-order chi connectivity index (χ1) is 8.33. The van der Waals surface area contributed by atoms with E-state index < -0.39 is 36.3 Å². The summed E-state index contributed by atoms with van der Waals surface area (Å²) in [5, 5.41) is 9.15. The Balaban J connectivity index is 3.74. The molecule has 6 nitrogen and oxygen atoms in total. The zero-order valence-corrected chi connectivity index (χ0v) is 14.2. The third kappa shape index (κ3) is 2.72. The lowest BCUT2D eigenvalue weighted by Crippen LogP contribution is -2.47. The SMILES string of the molecule is CC1(S(C)(=O)=O)C(I)=C(S(C)(=O)=O)C=CC1C(=O)O. The predicted octanol–water partition coefficient (Wildman–Crippen LogP) is 0.752. The summed E-state index contributed by atoms with van der Waals surface area (Å²) in [7, 11) is -7.45. The summed E-state index contributed by atoms with van der Waals surface area (Å²) in [6, 6.07) is 0. The number of halogens is 1. The number of hydrogen-bond donors (Lipinski definition) is 1. The van der Waals surface area contributed by atoms with Gasteiger partial charge in [0.2, 0.25) is 0 Å². The van der Waals surface area contributed by atoms with E-state index >= 15 is 0 Å². The fraction of sp³-hybridized carbons (Fsp3) is 0.500. The van der Waals surface area contributed by atoms with Gasteiger partial charge in [0.15, 0.2) is 19.7 Å². The van der Waals surface area contributed by atoms with E-state index in [1.165, 1.54) is 6.92 Å². The van der Waals surface area contributed by atoms with E-state index in [4.69, 9.17) is 5.11 Å². The van der Waals surface area contributed by atoms with Crippen molar-refractivity contribution in [3.63, 3.8) is 0 Å². The molecule has 0 aliphatic heterocycles. The van der Waals surface area contributed by atoms with Gasteiger partial charge < -0.3 is 5.11 Å². The molecule has 0 bridgehead atoms. The van der Waals surface area contributed by atoms with E-state index in [1.54, 1.807) is 22.6 Å². The fourth-order valence-corrected chi connectivity index (χ4v) is 6.74. The van der Waals surface area contributed by atoms with Gasteiger partial charge >= 0.3 is 5.97 Å². The molecule has 2 atom stereocenters. The standard InChI is InChI=1S/C10H13IO6S2/c1-10(19(3,16)17)6(9(12)13)4-5-7(8(10)11)18(2,14)15/h4-6H,1-3H3,(H,12,13). The van der Waals surface area contributed by atoms with Gasteiger partial charge in [-0.1, -0.05) is 6.08 Å². The molecule has 9 heteroatoms. The number of carboxylic acid groups (broad SMARTS) is 1. The van der Waals surface area contributed by atoms with E-state index in [0.717, 1.165) is 24.7 Å². The Hall–Kier alpha value is -0.420. The molecule has 0 aromatic heterocycles. The van der Waals surface area contributed by atoms with Gasteiger partial charge in [0.05, 0.1) is 10.8 Å². The summed E-state index contributed by atoms with van der Waals surface area (Å²) in [4.78, 5) is 11.1. The molecule has 19 heavy (non-hydrogen) atoms. The molecule has 0 saturated heterocycles. The molecule has 0 heterocycles. The summed E-state index contributed by atoms with van der Waals surface area (Å²) >= 11 is 1.60. The van der Waals surface area contributed by atoms with Crippen LogP contribution in [-0.2, 0) is 24.5 Å².